The van der Waals surface area contributed by atoms with E-state index in [1.807, 2.05) is 6.07 Å². The minimum absolute atomic E-state index is 0.0706. The molecular formula is C21H28ClFO2. The minimum atomic E-state index is -0.317. The van der Waals surface area contributed by atoms with E-state index in [0.717, 1.165) is 50.9 Å². The van der Waals surface area contributed by atoms with Crippen molar-refractivity contribution in [1.82, 2.24) is 0 Å². The van der Waals surface area contributed by atoms with Gasteiger partial charge in [-0.2, -0.15) is 0 Å². The molecule has 138 valence electrons. The van der Waals surface area contributed by atoms with Crippen molar-refractivity contribution < 1.29 is 13.9 Å². The molecule has 25 heavy (non-hydrogen) atoms. The third-order valence-corrected chi connectivity index (χ3v) is 5.69. The van der Waals surface area contributed by atoms with E-state index in [1.165, 1.54) is 6.42 Å². The highest BCUT2D eigenvalue weighted by atomic mass is 35.5. The number of ether oxygens (including phenoxy) is 2. The van der Waals surface area contributed by atoms with Crippen LogP contribution in [0.3, 0.4) is 0 Å². The molecular weight excluding hydrogens is 339 g/mol. The van der Waals surface area contributed by atoms with E-state index in [9.17, 15) is 4.39 Å². The van der Waals surface area contributed by atoms with Crippen molar-refractivity contribution in [3.05, 3.63) is 46.8 Å². The van der Waals surface area contributed by atoms with Crippen molar-refractivity contribution in [2.75, 3.05) is 13.2 Å². The molecule has 1 saturated heterocycles. The van der Waals surface area contributed by atoms with Crippen molar-refractivity contribution in [3.8, 4) is 0 Å². The normalized spacial score (nSPS) is 30.7. The molecule has 0 N–H and O–H groups in total. The Balaban J connectivity index is 1.46. The van der Waals surface area contributed by atoms with Crippen LogP contribution in [0.15, 0.2) is 30.4 Å². The monoisotopic (exact) mass is 366 g/mol. The lowest BCUT2D eigenvalue weighted by atomic mass is 9.78. The molecule has 1 aliphatic carbocycles. The Bertz CT molecular complexity index is 573. The zero-order valence-electron chi connectivity index (χ0n) is 14.9. The van der Waals surface area contributed by atoms with Crippen LogP contribution in [-0.2, 0) is 9.47 Å². The SMILES string of the molecule is CCC/C=C/C1COC(C2CCC(c3ccc(Cl)c(F)c3)CC2)OC1. The minimum Gasteiger partial charge on any atom is -0.352 e. The van der Waals surface area contributed by atoms with Crippen molar-refractivity contribution in [2.24, 2.45) is 11.8 Å². The highest BCUT2D eigenvalue weighted by molar-refractivity contribution is 6.30. The summed E-state index contributed by atoms with van der Waals surface area (Å²) in [6.07, 6.45) is 10.9. The molecule has 0 unspecified atom stereocenters. The number of hydrogen-bond acceptors (Lipinski definition) is 2. The number of halogens is 2. The summed E-state index contributed by atoms with van der Waals surface area (Å²) in [6, 6.07) is 5.21. The Labute approximate surface area is 155 Å². The summed E-state index contributed by atoms with van der Waals surface area (Å²) in [5, 5.41) is 0.198. The Morgan fingerprint density at radius 2 is 1.88 bits per heavy atom. The average molecular weight is 367 g/mol. The molecule has 0 spiro atoms. The van der Waals surface area contributed by atoms with Gasteiger partial charge in [-0.1, -0.05) is 43.2 Å². The lowest BCUT2D eigenvalue weighted by molar-refractivity contribution is -0.222. The van der Waals surface area contributed by atoms with Crippen molar-refractivity contribution >= 4 is 11.6 Å². The summed E-state index contributed by atoms with van der Waals surface area (Å²) in [6.45, 7) is 3.70. The molecule has 2 fully saturated rings. The summed E-state index contributed by atoms with van der Waals surface area (Å²) >= 11 is 5.78. The summed E-state index contributed by atoms with van der Waals surface area (Å²) < 4.78 is 25.6. The van der Waals surface area contributed by atoms with Crippen LogP contribution < -0.4 is 0 Å². The molecule has 1 aromatic carbocycles. The van der Waals surface area contributed by atoms with E-state index >= 15 is 0 Å². The Hall–Kier alpha value is -0.900. The third-order valence-electron chi connectivity index (χ3n) is 5.38. The fraction of sp³-hybridized carbons (Fsp3) is 0.619. The number of rotatable bonds is 5. The summed E-state index contributed by atoms with van der Waals surface area (Å²) in [5.41, 5.74) is 1.06. The first kappa shape index (κ1) is 18.9. The van der Waals surface area contributed by atoms with E-state index in [0.29, 0.717) is 17.8 Å². The van der Waals surface area contributed by atoms with Gasteiger partial charge < -0.3 is 9.47 Å². The summed E-state index contributed by atoms with van der Waals surface area (Å²) in [4.78, 5) is 0. The maximum absolute atomic E-state index is 13.7. The Kier molecular flexibility index (Phi) is 6.92. The van der Waals surface area contributed by atoms with Crippen molar-refractivity contribution in [2.45, 2.75) is 57.7 Å². The van der Waals surface area contributed by atoms with Gasteiger partial charge in [0.15, 0.2) is 6.29 Å². The highest BCUT2D eigenvalue weighted by Gasteiger charge is 2.32. The average Bonchev–Trinajstić information content (AvgIpc) is 2.65. The fourth-order valence-electron chi connectivity index (χ4n) is 3.86. The van der Waals surface area contributed by atoms with E-state index in [1.54, 1.807) is 12.1 Å². The predicted molar refractivity (Wildman–Crippen MR) is 99.3 cm³/mol. The van der Waals surface area contributed by atoms with Gasteiger partial charge in [-0.3, -0.25) is 0 Å². The van der Waals surface area contributed by atoms with Crippen LogP contribution in [0, 0.1) is 17.7 Å². The van der Waals surface area contributed by atoms with Crippen LogP contribution in [0.4, 0.5) is 4.39 Å². The zero-order chi connectivity index (χ0) is 17.6. The molecule has 0 aromatic heterocycles. The van der Waals surface area contributed by atoms with Crippen LogP contribution in [0.5, 0.6) is 0 Å². The molecule has 1 heterocycles. The molecule has 0 bridgehead atoms. The maximum atomic E-state index is 13.7. The van der Waals surface area contributed by atoms with Gasteiger partial charge in [0.25, 0.3) is 0 Å². The Morgan fingerprint density at radius 1 is 1.16 bits per heavy atom. The molecule has 2 nitrogen and oxygen atoms in total. The smallest absolute Gasteiger partial charge is 0.160 e. The third kappa shape index (κ3) is 5.06. The largest absolute Gasteiger partial charge is 0.352 e. The molecule has 4 heteroatoms. The standard InChI is InChI=1S/C21H28ClFO2/c1-2-3-4-5-15-13-24-21(25-14-15)17-8-6-16(7-9-17)18-10-11-19(22)20(23)12-18/h4-5,10-12,15-17,21H,2-3,6-9,13-14H2,1H3/b5-4+. The quantitative estimate of drug-likeness (QED) is 0.586. The van der Waals surface area contributed by atoms with Gasteiger partial charge in [-0.15, -0.1) is 0 Å². The van der Waals surface area contributed by atoms with Gasteiger partial charge in [0, 0.05) is 11.8 Å². The van der Waals surface area contributed by atoms with Gasteiger partial charge in [-0.25, -0.2) is 4.39 Å². The topological polar surface area (TPSA) is 18.5 Å². The molecule has 3 rings (SSSR count). The van der Waals surface area contributed by atoms with Crippen LogP contribution in [0.2, 0.25) is 5.02 Å². The maximum Gasteiger partial charge on any atom is 0.160 e. The second-order valence-corrected chi connectivity index (χ2v) is 7.70. The zero-order valence-corrected chi connectivity index (χ0v) is 15.7. The van der Waals surface area contributed by atoms with Gasteiger partial charge in [-0.05, 0) is 55.7 Å². The van der Waals surface area contributed by atoms with Crippen LogP contribution in [0.1, 0.15) is 56.9 Å². The van der Waals surface area contributed by atoms with Crippen molar-refractivity contribution in [1.29, 1.82) is 0 Å². The Morgan fingerprint density at radius 3 is 2.52 bits per heavy atom. The number of hydrogen-bond donors (Lipinski definition) is 0. The molecule has 0 radical (unpaired) electrons. The summed E-state index contributed by atoms with van der Waals surface area (Å²) in [5.74, 6) is 0.934. The molecule has 2 aliphatic rings. The van der Waals surface area contributed by atoms with E-state index in [2.05, 4.69) is 19.1 Å². The van der Waals surface area contributed by atoms with Crippen LogP contribution >= 0.6 is 11.6 Å². The first-order valence-corrected chi connectivity index (χ1v) is 9.90. The van der Waals surface area contributed by atoms with Gasteiger partial charge in [0.05, 0.1) is 18.2 Å². The van der Waals surface area contributed by atoms with Crippen LogP contribution in [0.25, 0.3) is 0 Å². The molecule has 1 aromatic rings. The second-order valence-electron chi connectivity index (χ2n) is 7.30. The lowest BCUT2D eigenvalue weighted by Gasteiger charge is -2.37. The number of unbranched alkanes of at least 4 members (excludes halogenated alkanes) is 1. The van der Waals surface area contributed by atoms with E-state index in [-0.39, 0.29) is 17.1 Å². The van der Waals surface area contributed by atoms with Crippen molar-refractivity contribution in [3.63, 3.8) is 0 Å². The van der Waals surface area contributed by atoms with E-state index in [4.69, 9.17) is 21.1 Å². The van der Waals surface area contributed by atoms with Gasteiger partial charge in [0.2, 0.25) is 0 Å². The molecule has 1 saturated carbocycles. The first-order chi connectivity index (χ1) is 12.2. The van der Waals surface area contributed by atoms with Crippen LogP contribution in [-0.4, -0.2) is 19.5 Å². The van der Waals surface area contributed by atoms with Gasteiger partial charge in [0.1, 0.15) is 5.82 Å². The second kappa shape index (κ2) is 9.16. The molecule has 0 atom stereocenters. The predicted octanol–water partition coefficient (Wildman–Crippen LogP) is 6.10. The molecule has 1 aliphatic heterocycles. The molecule has 0 amide bonds. The lowest BCUT2D eigenvalue weighted by Crippen LogP contribution is -2.37. The number of benzene rings is 1. The van der Waals surface area contributed by atoms with Gasteiger partial charge >= 0.3 is 0 Å². The van der Waals surface area contributed by atoms with E-state index < -0.39 is 0 Å². The number of allylic oxidation sites excluding steroid dienone is 1. The first-order valence-electron chi connectivity index (χ1n) is 9.52. The summed E-state index contributed by atoms with van der Waals surface area (Å²) in [7, 11) is 0. The highest BCUT2D eigenvalue weighted by Crippen LogP contribution is 2.39. The fourth-order valence-corrected chi connectivity index (χ4v) is 3.98.